The van der Waals surface area contributed by atoms with E-state index in [-0.39, 0.29) is 11.7 Å². The smallest absolute Gasteiger partial charge is 0.157 e. The summed E-state index contributed by atoms with van der Waals surface area (Å²) < 4.78 is 0. The SMILES string of the molecule is N[C@@H](C(=O)C1CCCCC1)c1ccccc1. The molecule has 2 heteroatoms. The van der Waals surface area contributed by atoms with Gasteiger partial charge in [-0.15, -0.1) is 0 Å². The summed E-state index contributed by atoms with van der Waals surface area (Å²) in [5.74, 6) is 0.426. The van der Waals surface area contributed by atoms with E-state index in [1.54, 1.807) is 0 Å². The zero-order valence-electron chi connectivity index (χ0n) is 9.56. The Balaban J connectivity index is 2.04. The number of carbonyl (C=O) groups excluding carboxylic acids is 1. The van der Waals surface area contributed by atoms with Gasteiger partial charge in [-0.05, 0) is 18.4 Å². The van der Waals surface area contributed by atoms with E-state index in [1.165, 1.54) is 19.3 Å². The second-order valence-corrected chi connectivity index (χ2v) is 4.63. The normalized spacial score (nSPS) is 19.3. The first-order valence-corrected chi connectivity index (χ1v) is 6.13. The standard InChI is InChI=1S/C14H19NO/c15-13(11-7-3-1-4-8-11)14(16)12-9-5-2-6-10-12/h1,3-4,7-8,12-13H,2,5-6,9-10,15H2/t13-/m1/s1. The molecule has 0 saturated heterocycles. The summed E-state index contributed by atoms with van der Waals surface area (Å²) >= 11 is 0. The lowest BCUT2D eigenvalue weighted by Gasteiger charge is -2.23. The zero-order chi connectivity index (χ0) is 11.4. The number of hydrogen-bond acceptors (Lipinski definition) is 2. The number of Topliss-reactive ketones (excluding diaryl/α,β-unsaturated/α-hetero) is 1. The second-order valence-electron chi connectivity index (χ2n) is 4.63. The number of nitrogens with two attached hydrogens (primary N) is 1. The molecule has 0 heterocycles. The van der Waals surface area contributed by atoms with Crippen molar-refractivity contribution in [1.82, 2.24) is 0 Å². The van der Waals surface area contributed by atoms with Crippen molar-refractivity contribution in [2.75, 3.05) is 0 Å². The Bertz CT molecular complexity index is 341. The highest BCUT2D eigenvalue weighted by Gasteiger charge is 2.26. The number of benzene rings is 1. The second kappa shape index (κ2) is 5.26. The van der Waals surface area contributed by atoms with E-state index in [1.807, 2.05) is 30.3 Å². The van der Waals surface area contributed by atoms with Crippen LogP contribution in [0.4, 0.5) is 0 Å². The van der Waals surface area contributed by atoms with Gasteiger partial charge in [-0.1, -0.05) is 49.6 Å². The van der Waals surface area contributed by atoms with Crippen LogP contribution in [0, 0.1) is 5.92 Å². The molecule has 0 radical (unpaired) electrons. The van der Waals surface area contributed by atoms with Crippen molar-refractivity contribution in [2.45, 2.75) is 38.1 Å². The Kier molecular flexibility index (Phi) is 3.73. The molecule has 0 aliphatic heterocycles. The highest BCUT2D eigenvalue weighted by Crippen LogP contribution is 2.28. The van der Waals surface area contributed by atoms with Gasteiger partial charge in [-0.2, -0.15) is 0 Å². The van der Waals surface area contributed by atoms with Crippen molar-refractivity contribution >= 4 is 5.78 Å². The molecule has 86 valence electrons. The highest BCUT2D eigenvalue weighted by molar-refractivity contribution is 5.87. The Labute approximate surface area is 96.8 Å². The molecular weight excluding hydrogens is 198 g/mol. The van der Waals surface area contributed by atoms with Gasteiger partial charge in [0.15, 0.2) is 5.78 Å². The van der Waals surface area contributed by atoms with Crippen LogP contribution in [0.2, 0.25) is 0 Å². The van der Waals surface area contributed by atoms with E-state index in [9.17, 15) is 4.79 Å². The maximum absolute atomic E-state index is 12.2. The lowest BCUT2D eigenvalue weighted by Crippen LogP contribution is -2.29. The molecule has 1 aromatic rings. The van der Waals surface area contributed by atoms with Crippen molar-refractivity contribution in [3.8, 4) is 0 Å². The lowest BCUT2D eigenvalue weighted by atomic mass is 9.82. The van der Waals surface area contributed by atoms with Crippen LogP contribution in [0.5, 0.6) is 0 Å². The zero-order valence-corrected chi connectivity index (χ0v) is 9.56. The summed E-state index contributed by atoms with van der Waals surface area (Å²) in [6.45, 7) is 0. The fourth-order valence-corrected chi connectivity index (χ4v) is 2.47. The molecule has 1 aromatic carbocycles. The van der Waals surface area contributed by atoms with Crippen LogP contribution in [-0.4, -0.2) is 5.78 Å². The van der Waals surface area contributed by atoms with Crippen molar-refractivity contribution in [3.63, 3.8) is 0 Å². The van der Waals surface area contributed by atoms with Crippen LogP contribution in [-0.2, 0) is 4.79 Å². The van der Waals surface area contributed by atoms with Crippen LogP contribution in [0.3, 0.4) is 0 Å². The number of carbonyl (C=O) groups is 1. The maximum Gasteiger partial charge on any atom is 0.157 e. The van der Waals surface area contributed by atoms with E-state index in [0.717, 1.165) is 18.4 Å². The van der Waals surface area contributed by atoms with Gasteiger partial charge in [0.25, 0.3) is 0 Å². The summed E-state index contributed by atoms with van der Waals surface area (Å²) in [7, 11) is 0. The molecule has 1 fully saturated rings. The number of rotatable bonds is 3. The highest BCUT2D eigenvalue weighted by atomic mass is 16.1. The predicted octanol–water partition coefficient (Wildman–Crippen LogP) is 2.84. The van der Waals surface area contributed by atoms with E-state index < -0.39 is 6.04 Å². The molecule has 16 heavy (non-hydrogen) atoms. The molecule has 0 aromatic heterocycles. The van der Waals surface area contributed by atoms with Gasteiger partial charge in [0, 0.05) is 5.92 Å². The van der Waals surface area contributed by atoms with E-state index in [4.69, 9.17) is 5.73 Å². The van der Waals surface area contributed by atoms with Crippen LogP contribution in [0.25, 0.3) is 0 Å². The predicted molar refractivity (Wildman–Crippen MR) is 65.0 cm³/mol. The van der Waals surface area contributed by atoms with Gasteiger partial charge >= 0.3 is 0 Å². The van der Waals surface area contributed by atoms with Gasteiger partial charge in [0.05, 0.1) is 6.04 Å². The quantitative estimate of drug-likeness (QED) is 0.846. The Morgan fingerprint density at radius 3 is 2.38 bits per heavy atom. The molecular formula is C14H19NO. The molecule has 2 rings (SSSR count). The first kappa shape index (κ1) is 11.3. The maximum atomic E-state index is 12.2. The molecule has 1 aliphatic rings. The molecule has 2 N–H and O–H groups in total. The molecule has 1 saturated carbocycles. The van der Waals surface area contributed by atoms with E-state index in [0.29, 0.717) is 0 Å². The van der Waals surface area contributed by atoms with Crippen molar-refractivity contribution in [2.24, 2.45) is 11.7 Å². The molecule has 0 amide bonds. The average Bonchev–Trinajstić information content (AvgIpc) is 2.39. The molecule has 0 spiro atoms. The summed E-state index contributed by atoms with van der Waals surface area (Å²) in [4.78, 5) is 12.2. The van der Waals surface area contributed by atoms with Crippen molar-refractivity contribution < 1.29 is 4.79 Å². The van der Waals surface area contributed by atoms with Gasteiger partial charge in [-0.25, -0.2) is 0 Å². The summed E-state index contributed by atoms with van der Waals surface area (Å²) in [6.07, 6.45) is 5.68. The van der Waals surface area contributed by atoms with Crippen LogP contribution in [0.1, 0.15) is 43.7 Å². The number of ketones is 1. The minimum absolute atomic E-state index is 0.198. The first-order chi connectivity index (χ1) is 7.79. The van der Waals surface area contributed by atoms with Gasteiger partial charge < -0.3 is 5.73 Å². The lowest BCUT2D eigenvalue weighted by molar-refractivity contribution is -0.125. The summed E-state index contributed by atoms with van der Waals surface area (Å²) in [5, 5.41) is 0. The molecule has 2 nitrogen and oxygen atoms in total. The van der Waals surface area contributed by atoms with E-state index in [2.05, 4.69) is 0 Å². The first-order valence-electron chi connectivity index (χ1n) is 6.13. The third-order valence-corrected chi connectivity index (χ3v) is 3.47. The van der Waals surface area contributed by atoms with Crippen molar-refractivity contribution in [1.29, 1.82) is 0 Å². The minimum atomic E-state index is -0.427. The van der Waals surface area contributed by atoms with Crippen LogP contribution in [0.15, 0.2) is 30.3 Å². The van der Waals surface area contributed by atoms with Gasteiger partial charge in [-0.3, -0.25) is 4.79 Å². The average molecular weight is 217 g/mol. The molecule has 1 aliphatic carbocycles. The molecule has 0 unspecified atom stereocenters. The van der Waals surface area contributed by atoms with Gasteiger partial charge in [0.2, 0.25) is 0 Å². The molecule has 1 atom stereocenters. The third-order valence-electron chi connectivity index (χ3n) is 3.47. The third kappa shape index (κ3) is 2.50. The fourth-order valence-electron chi connectivity index (χ4n) is 2.47. The molecule has 0 bridgehead atoms. The van der Waals surface area contributed by atoms with Gasteiger partial charge in [0.1, 0.15) is 0 Å². The van der Waals surface area contributed by atoms with Crippen LogP contribution >= 0.6 is 0 Å². The van der Waals surface area contributed by atoms with Crippen LogP contribution < -0.4 is 5.73 Å². The Morgan fingerprint density at radius 1 is 1.12 bits per heavy atom. The van der Waals surface area contributed by atoms with Crippen molar-refractivity contribution in [3.05, 3.63) is 35.9 Å². The summed E-state index contributed by atoms with van der Waals surface area (Å²) in [6, 6.07) is 9.26. The topological polar surface area (TPSA) is 43.1 Å². The minimum Gasteiger partial charge on any atom is -0.318 e. The largest absolute Gasteiger partial charge is 0.318 e. The number of hydrogen-bond donors (Lipinski definition) is 1. The fraction of sp³-hybridized carbons (Fsp3) is 0.500. The Hall–Kier alpha value is -1.15. The van der Waals surface area contributed by atoms with E-state index >= 15 is 0 Å². The summed E-state index contributed by atoms with van der Waals surface area (Å²) in [5.41, 5.74) is 6.96. The Morgan fingerprint density at radius 2 is 1.75 bits per heavy atom. The monoisotopic (exact) mass is 217 g/mol.